The van der Waals surface area contributed by atoms with Gasteiger partial charge >= 0.3 is 0 Å². The maximum atomic E-state index is 12.0. The number of nitrogens with zero attached hydrogens (tertiary/aromatic N) is 3. The van der Waals surface area contributed by atoms with Crippen molar-refractivity contribution in [2.24, 2.45) is 0 Å². The standard InChI is InChI=1S/C14H19N3O/c18-14-11-16-7-2-1-4-12-5-3-6-13(15-12)10-17(14)9-8-16/h3,5-6H,1-2,4,7-11H2. The zero-order chi connectivity index (χ0) is 12.4. The van der Waals surface area contributed by atoms with Crippen molar-refractivity contribution in [3.8, 4) is 0 Å². The topological polar surface area (TPSA) is 36.4 Å². The van der Waals surface area contributed by atoms with E-state index in [0.29, 0.717) is 13.1 Å². The maximum absolute atomic E-state index is 12.0. The van der Waals surface area contributed by atoms with Gasteiger partial charge in [-0.1, -0.05) is 6.07 Å². The molecule has 1 atom stereocenters. The van der Waals surface area contributed by atoms with E-state index in [9.17, 15) is 4.79 Å². The number of hydrogen-bond acceptors (Lipinski definition) is 3. The molecule has 4 heterocycles. The van der Waals surface area contributed by atoms with Gasteiger partial charge in [0.05, 0.1) is 18.8 Å². The molecule has 18 heavy (non-hydrogen) atoms. The van der Waals surface area contributed by atoms with E-state index >= 15 is 0 Å². The largest absolute Gasteiger partial charge is 0.334 e. The number of aryl methyl sites for hydroxylation is 1. The van der Waals surface area contributed by atoms with Crippen LogP contribution < -0.4 is 0 Å². The molecule has 0 aliphatic carbocycles. The van der Waals surface area contributed by atoms with Crippen LogP contribution in [0.1, 0.15) is 24.2 Å². The molecule has 1 aromatic rings. The minimum atomic E-state index is 0.244. The molecule has 1 aromatic heterocycles. The Morgan fingerprint density at radius 1 is 1.00 bits per heavy atom. The van der Waals surface area contributed by atoms with E-state index in [4.69, 9.17) is 0 Å². The molecule has 4 bridgehead atoms. The van der Waals surface area contributed by atoms with E-state index in [2.05, 4.69) is 22.0 Å². The summed E-state index contributed by atoms with van der Waals surface area (Å²) >= 11 is 0. The van der Waals surface area contributed by atoms with E-state index in [1.165, 1.54) is 0 Å². The lowest BCUT2D eigenvalue weighted by Crippen LogP contribution is -2.50. The minimum absolute atomic E-state index is 0.244. The number of fused-ring (bicyclic) bond motifs is 5. The Hall–Kier alpha value is -1.42. The predicted octanol–water partition coefficient (Wildman–Crippen LogP) is 1.06. The van der Waals surface area contributed by atoms with Gasteiger partial charge in [0.1, 0.15) is 0 Å². The van der Waals surface area contributed by atoms with Crippen molar-refractivity contribution in [1.29, 1.82) is 0 Å². The van der Waals surface area contributed by atoms with Crippen LogP contribution in [0, 0.1) is 0 Å². The second-order valence-electron chi connectivity index (χ2n) is 5.17. The zero-order valence-corrected chi connectivity index (χ0v) is 10.6. The zero-order valence-electron chi connectivity index (χ0n) is 10.6. The van der Waals surface area contributed by atoms with E-state index in [1.807, 2.05) is 11.0 Å². The van der Waals surface area contributed by atoms with Crippen LogP contribution in [0.25, 0.3) is 0 Å². The van der Waals surface area contributed by atoms with Gasteiger partial charge in [-0.2, -0.15) is 0 Å². The number of aromatic nitrogens is 1. The summed E-state index contributed by atoms with van der Waals surface area (Å²) in [5.41, 5.74) is 2.18. The quantitative estimate of drug-likeness (QED) is 0.686. The maximum Gasteiger partial charge on any atom is 0.237 e. The molecule has 96 valence electrons. The molecule has 1 saturated heterocycles. The van der Waals surface area contributed by atoms with Crippen LogP contribution in [0.15, 0.2) is 18.2 Å². The summed E-state index contributed by atoms with van der Waals surface area (Å²) in [5.74, 6) is 0.244. The average Bonchev–Trinajstić information content (AvgIpc) is 2.37. The molecule has 3 aliphatic rings. The summed E-state index contributed by atoms with van der Waals surface area (Å²) in [7, 11) is 0. The monoisotopic (exact) mass is 245 g/mol. The average molecular weight is 245 g/mol. The molecule has 0 N–H and O–H groups in total. The van der Waals surface area contributed by atoms with Crippen molar-refractivity contribution in [3.05, 3.63) is 29.6 Å². The third-order valence-corrected chi connectivity index (χ3v) is 3.77. The number of carbonyl (C=O) groups is 1. The lowest BCUT2D eigenvalue weighted by molar-refractivity contribution is -0.136. The first kappa shape index (κ1) is 11.7. The van der Waals surface area contributed by atoms with Crippen molar-refractivity contribution in [1.82, 2.24) is 14.8 Å². The number of piperazine rings is 1. The van der Waals surface area contributed by atoms with Crippen molar-refractivity contribution >= 4 is 5.91 Å². The molecule has 4 heteroatoms. The summed E-state index contributed by atoms with van der Waals surface area (Å²) in [6, 6.07) is 6.17. The van der Waals surface area contributed by atoms with E-state index in [-0.39, 0.29) is 5.91 Å². The summed E-state index contributed by atoms with van der Waals surface area (Å²) in [5, 5.41) is 0. The van der Waals surface area contributed by atoms with Crippen LogP contribution in [0.4, 0.5) is 0 Å². The first-order chi connectivity index (χ1) is 8.81. The Balaban J connectivity index is 1.85. The molecule has 4 rings (SSSR count). The number of rotatable bonds is 0. The highest BCUT2D eigenvalue weighted by Gasteiger charge is 2.24. The third kappa shape index (κ3) is 2.53. The van der Waals surface area contributed by atoms with Crippen molar-refractivity contribution in [3.63, 3.8) is 0 Å². The van der Waals surface area contributed by atoms with Gasteiger partial charge in [0, 0.05) is 18.8 Å². The Bertz CT molecular complexity index is 444. The summed E-state index contributed by atoms with van der Waals surface area (Å²) in [6.07, 6.45) is 3.36. The van der Waals surface area contributed by atoms with Crippen molar-refractivity contribution in [2.75, 3.05) is 26.2 Å². The normalized spacial score (nSPS) is 24.6. The summed E-state index contributed by atoms with van der Waals surface area (Å²) in [4.78, 5) is 20.9. The van der Waals surface area contributed by atoms with Crippen LogP contribution in [0.5, 0.6) is 0 Å². The number of hydrogen-bond donors (Lipinski definition) is 0. The van der Waals surface area contributed by atoms with Crippen molar-refractivity contribution < 1.29 is 4.79 Å². The van der Waals surface area contributed by atoms with Crippen LogP contribution >= 0.6 is 0 Å². The summed E-state index contributed by atoms with van der Waals surface area (Å²) < 4.78 is 0. The fourth-order valence-electron chi connectivity index (χ4n) is 2.71. The van der Waals surface area contributed by atoms with Crippen LogP contribution in [-0.4, -0.2) is 46.9 Å². The van der Waals surface area contributed by atoms with Crippen molar-refractivity contribution in [2.45, 2.75) is 25.8 Å². The van der Waals surface area contributed by atoms with Gasteiger partial charge in [0.2, 0.25) is 5.91 Å². The van der Waals surface area contributed by atoms with E-state index in [1.54, 1.807) is 0 Å². The van der Waals surface area contributed by atoms with Gasteiger partial charge in [-0.25, -0.2) is 0 Å². The lowest BCUT2D eigenvalue weighted by atomic mass is 10.1. The van der Waals surface area contributed by atoms with Gasteiger partial charge in [0.25, 0.3) is 0 Å². The minimum Gasteiger partial charge on any atom is -0.334 e. The second kappa shape index (κ2) is 5.06. The Labute approximate surface area is 108 Å². The second-order valence-corrected chi connectivity index (χ2v) is 5.17. The molecule has 1 fully saturated rings. The highest BCUT2D eigenvalue weighted by Crippen LogP contribution is 2.12. The van der Waals surface area contributed by atoms with Gasteiger partial charge in [0.15, 0.2) is 0 Å². The van der Waals surface area contributed by atoms with Crippen LogP contribution in [-0.2, 0) is 17.8 Å². The molecule has 1 unspecified atom stereocenters. The van der Waals surface area contributed by atoms with Crippen LogP contribution in [0.2, 0.25) is 0 Å². The Kier molecular flexibility index (Phi) is 3.28. The summed E-state index contributed by atoms with van der Waals surface area (Å²) in [6.45, 7) is 4.13. The molecular formula is C14H19N3O. The SMILES string of the molecule is O=C1CN2CCCCc3cccc(n3)CN1CC2. The van der Waals surface area contributed by atoms with Crippen LogP contribution in [0.3, 0.4) is 0 Å². The smallest absolute Gasteiger partial charge is 0.237 e. The first-order valence-corrected chi connectivity index (χ1v) is 6.76. The van der Waals surface area contributed by atoms with E-state index in [0.717, 1.165) is 50.3 Å². The van der Waals surface area contributed by atoms with Gasteiger partial charge in [-0.3, -0.25) is 14.7 Å². The molecule has 0 spiro atoms. The fourth-order valence-corrected chi connectivity index (χ4v) is 2.71. The molecule has 0 radical (unpaired) electrons. The molecular weight excluding hydrogens is 226 g/mol. The predicted molar refractivity (Wildman–Crippen MR) is 69.0 cm³/mol. The fraction of sp³-hybridized carbons (Fsp3) is 0.571. The van der Waals surface area contributed by atoms with E-state index < -0.39 is 0 Å². The molecule has 3 aliphatic heterocycles. The Morgan fingerprint density at radius 2 is 1.89 bits per heavy atom. The number of amides is 1. The highest BCUT2D eigenvalue weighted by atomic mass is 16.2. The van der Waals surface area contributed by atoms with Gasteiger partial charge in [-0.05, 0) is 37.9 Å². The molecule has 4 nitrogen and oxygen atoms in total. The number of pyridine rings is 1. The molecule has 0 saturated carbocycles. The molecule has 0 aromatic carbocycles. The number of carbonyl (C=O) groups excluding carboxylic acids is 1. The van der Waals surface area contributed by atoms with Gasteiger partial charge in [-0.15, -0.1) is 0 Å². The Morgan fingerprint density at radius 3 is 2.78 bits per heavy atom. The lowest BCUT2D eigenvalue weighted by Gasteiger charge is -2.34. The third-order valence-electron chi connectivity index (χ3n) is 3.77. The molecule has 1 amide bonds. The van der Waals surface area contributed by atoms with Gasteiger partial charge < -0.3 is 4.90 Å². The highest BCUT2D eigenvalue weighted by molar-refractivity contribution is 5.79. The first-order valence-electron chi connectivity index (χ1n) is 6.76.